The zero-order chi connectivity index (χ0) is 61.5. The number of anilines is 2. The Kier molecular flexibility index (Phi) is 30.7. The van der Waals surface area contributed by atoms with Gasteiger partial charge in [-0.3, -0.25) is 34.0 Å². The van der Waals surface area contributed by atoms with Gasteiger partial charge in [0.05, 0.1) is 103 Å². The fraction of sp³-hybridized carbons (Fsp3) is 0.574. The first-order chi connectivity index (χ1) is 41.7. The number of ketones is 1. The summed E-state index contributed by atoms with van der Waals surface area (Å²) in [5.74, 6) is -3.38. The minimum absolute atomic E-state index is 0.0833. The highest BCUT2D eigenvalue weighted by Gasteiger charge is 2.46. The molecule has 4 heterocycles. The van der Waals surface area contributed by atoms with Crippen LogP contribution in [0.25, 0.3) is 22.2 Å². The van der Waals surface area contributed by atoms with Crippen LogP contribution in [0.2, 0.25) is 0 Å². The SMILES string of the molecule is CC(C)[C@H](NC(=O)C[C@H](NC(=O)CCCCCCCCCCn1cc(CCCCOCCOCCOCCOCCOCCOCCOc2cc(Br)c(-c3cc4cnc(N)nc4nc3N)c(Br)c2)nn1)c1ccccc1)C(=O)[C@@H]1C(=O)NC(=O)[C@H]1C. The summed E-state index contributed by atoms with van der Waals surface area (Å²) in [6.45, 7) is 12.1. The van der Waals surface area contributed by atoms with E-state index in [9.17, 15) is 24.0 Å². The number of aryl methyl sites for hydroxylation is 2. The highest BCUT2D eigenvalue weighted by atomic mass is 79.9. The molecular formula is C61H85Br2N11O12. The quantitative estimate of drug-likeness (QED) is 0.0141. The molecule has 1 saturated heterocycles. The Hall–Kier alpha value is -6.06. The lowest BCUT2D eigenvalue weighted by Crippen LogP contribution is -2.49. The maximum absolute atomic E-state index is 13.4. The first-order valence-corrected chi connectivity index (χ1v) is 31.5. The standard InChI is InChI=1S/C61H85Br2N11O12/c1-41(2)55(56(77)53-42(3)59(78)71-60(53)79)68-52(76)38-50(43-17-11-10-12-18-43)67-51(75)20-13-8-6-4-5-7-9-15-21-74-40-45(72-73-74)19-14-16-22-80-23-24-81-25-26-82-27-28-83-29-30-84-31-32-85-33-34-86-46-36-48(62)54(49(63)37-46)47-35-44-39-66-61(65)70-58(44)69-57(47)64/h10-12,17-18,35-37,39-42,50,53,55H,4-9,13-16,19-34,38H2,1-3H3,(H,67,75)(H,68,76)(H,71,78,79)(H4,64,65,66,69,70)/t42-,50-,53+,55-/m0/s1. The number of fused-ring (bicyclic) bond motifs is 1. The molecule has 4 amide bonds. The van der Waals surface area contributed by atoms with Crippen molar-refractivity contribution in [1.82, 2.24) is 45.9 Å². The van der Waals surface area contributed by atoms with Crippen molar-refractivity contribution in [2.45, 2.75) is 123 Å². The Balaban J connectivity index is 0.668. The number of imide groups is 1. The van der Waals surface area contributed by atoms with Crippen LogP contribution in [0, 0.1) is 17.8 Å². The van der Waals surface area contributed by atoms with Gasteiger partial charge in [-0.05, 0) is 93.6 Å². The van der Waals surface area contributed by atoms with Gasteiger partial charge in [0.25, 0.3) is 0 Å². The van der Waals surface area contributed by atoms with E-state index in [1.54, 1.807) is 20.0 Å². The molecule has 7 N–H and O–H groups in total. The minimum Gasteiger partial charge on any atom is -0.491 e. The van der Waals surface area contributed by atoms with E-state index in [1.807, 2.05) is 59.4 Å². The third kappa shape index (κ3) is 23.9. The molecule has 5 aromatic rings. The fourth-order valence-corrected chi connectivity index (χ4v) is 11.2. The second-order valence-electron chi connectivity index (χ2n) is 21.4. The summed E-state index contributed by atoms with van der Waals surface area (Å²) in [7, 11) is 0. The van der Waals surface area contributed by atoms with Gasteiger partial charge in [0.1, 0.15) is 24.1 Å². The van der Waals surface area contributed by atoms with Crippen molar-refractivity contribution in [3.8, 4) is 16.9 Å². The molecule has 0 spiro atoms. The van der Waals surface area contributed by atoms with E-state index >= 15 is 0 Å². The molecule has 6 rings (SSSR count). The monoisotopic (exact) mass is 1320 g/mol. The molecule has 1 aliphatic rings. The van der Waals surface area contributed by atoms with Crippen LogP contribution >= 0.6 is 31.9 Å². The summed E-state index contributed by atoms with van der Waals surface area (Å²) in [5, 5.41) is 17.4. The van der Waals surface area contributed by atoms with Crippen LogP contribution < -0.4 is 32.2 Å². The van der Waals surface area contributed by atoms with E-state index in [1.165, 1.54) is 6.92 Å². The van der Waals surface area contributed by atoms with Crippen LogP contribution in [-0.2, 0) is 65.4 Å². The topological polar surface area (TPSA) is 307 Å². The van der Waals surface area contributed by atoms with Crippen molar-refractivity contribution in [2.75, 3.05) is 97.4 Å². The molecular weight excluding hydrogens is 1240 g/mol. The number of rotatable bonds is 44. The van der Waals surface area contributed by atoms with Crippen LogP contribution in [0.15, 0.2) is 69.9 Å². The van der Waals surface area contributed by atoms with Crippen LogP contribution in [-0.4, -0.2) is 151 Å². The van der Waals surface area contributed by atoms with Gasteiger partial charge in [0, 0.05) is 57.4 Å². The summed E-state index contributed by atoms with van der Waals surface area (Å²) >= 11 is 7.28. The number of nitrogens with two attached hydrogens (primary N) is 2. The Bertz CT molecular complexity index is 2880. The first-order valence-electron chi connectivity index (χ1n) is 29.9. The zero-order valence-corrected chi connectivity index (χ0v) is 52.9. The number of pyridine rings is 1. The van der Waals surface area contributed by atoms with Crippen LogP contribution in [0.3, 0.4) is 0 Å². The predicted molar refractivity (Wildman–Crippen MR) is 331 cm³/mol. The van der Waals surface area contributed by atoms with Crippen molar-refractivity contribution in [2.24, 2.45) is 17.8 Å². The summed E-state index contributed by atoms with van der Waals surface area (Å²) in [4.78, 5) is 76.8. The van der Waals surface area contributed by atoms with E-state index < -0.39 is 47.4 Å². The van der Waals surface area contributed by atoms with E-state index in [2.05, 4.69) is 73.1 Å². The molecule has 470 valence electrons. The number of Topliss-reactive ketones (excluding diaryl/α,β-unsaturated/α-hetero) is 1. The Morgan fingerprint density at radius 3 is 1.86 bits per heavy atom. The van der Waals surface area contributed by atoms with Gasteiger partial charge in [0.15, 0.2) is 11.4 Å². The number of nitrogens with zero attached hydrogens (tertiary/aromatic N) is 6. The Morgan fingerprint density at radius 1 is 0.686 bits per heavy atom. The zero-order valence-electron chi connectivity index (χ0n) is 49.7. The Labute approximate surface area is 520 Å². The molecule has 1 aliphatic heterocycles. The van der Waals surface area contributed by atoms with Crippen molar-refractivity contribution >= 4 is 84.1 Å². The summed E-state index contributed by atoms with van der Waals surface area (Å²) < 4.78 is 43.2. The third-order valence-corrected chi connectivity index (χ3v) is 15.6. The lowest BCUT2D eigenvalue weighted by atomic mass is 9.85. The van der Waals surface area contributed by atoms with Crippen LogP contribution in [0.5, 0.6) is 5.75 Å². The molecule has 0 aliphatic carbocycles. The number of aromatic nitrogens is 6. The van der Waals surface area contributed by atoms with E-state index in [0.717, 1.165) is 103 Å². The van der Waals surface area contributed by atoms with Gasteiger partial charge >= 0.3 is 0 Å². The summed E-state index contributed by atoms with van der Waals surface area (Å²) in [6.07, 6.45) is 14.9. The normalized spacial score (nSPS) is 14.9. The second-order valence-corrected chi connectivity index (χ2v) is 23.1. The summed E-state index contributed by atoms with van der Waals surface area (Å²) in [6, 6.07) is 13.3. The summed E-state index contributed by atoms with van der Waals surface area (Å²) in [5.41, 5.74) is 15.7. The van der Waals surface area contributed by atoms with Gasteiger partial charge in [-0.15, -0.1) is 5.10 Å². The van der Waals surface area contributed by atoms with Gasteiger partial charge in [-0.25, -0.2) is 9.97 Å². The highest BCUT2D eigenvalue weighted by Crippen LogP contribution is 2.41. The number of amides is 4. The third-order valence-electron chi connectivity index (χ3n) is 14.3. The highest BCUT2D eigenvalue weighted by molar-refractivity contribution is 9.11. The molecule has 0 radical (unpaired) electrons. The van der Waals surface area contributed by atoms with E-state index in [4.69, 9.17) is 44.6 Å². The average molecular weight is 1320 g/mol. The molecule has 2 aromatic carbocycles. The fourth-order valence-electron chi connectivity index (χ4n) is 9.64. The van der Waals surface area contributed by atoms with Gasteiger partial charge in [-0.1, -0.05) is 94.8 Å². The first kappa shape index (κ1) is 69.0. The number of hydrogen-bond donors (Lipinski definition) is 5. The average Bonchev–Trinajstić information content (AvgIpc) is 1.32. The molecule has 86 heavy (non-hydrogen) atoms. The molecule has 1 fully saturated rings. The molecule has 0 unspecified atom stereocenters. The predicted octanol–water partition coefficient (Wildman–Crippen LogP) is 7.85. The van der Waals surface area contributed by atoms with E-state index in [0.29, 0.717) is 120 Å². The lowest BCUT2D eigenvalue weighted by molar-refractivity contribution is -0.137. The number of carbonyl (C=O) groups excluding carboxylic acids is 5. The molecule has 3 aromatic heterocycles. The molecule has 23 nitrogen and oxygen atoms in total. The Morgan fingerprint density at radius 2 is 1.27 bits per heavy atom. The maximum atomic E-state index is 13.4. The number of hydrogen-bond acceptors (Lipinski definition) is 19. The number of carbonyl (C=O) groups is 5. The second kappa shape index (κ2) is 38.3. The molecule has 0 saturated carbocycles. The van der Waals surface area contributed by atoms with Crippen molar-refractivity contribution in [1.29, 1.82) is 0 Å². The van der Waals surface area contributed by atoms with Gasteiger partial charge in [-0.2, -0.15) is 4.98 Å². The number of nitrogens with one attached hydrogen (secondary N) is 3. The molecule has 4 atom stereocenters. The lowest BCUT2D eigenvalue weighted by Gasteiger charge is -2.26. The minimum atomic E-state index is -1.15. The largest absolute Gasteiger partial charge is 0.491 e. The van der Waals surface area contributed by atoms with Gasteiger partial charge in [0.2, 0.25) is 29.6 Å². The molecule has 25 heteroatoms. The smallest absolute Gasteiger partial charge is 0.238 e. The van der Waals surface area contributed by atoms with Crippen LogP contribution in [0.4, 0.5) is 11.8 Å². The van der Waals surface area contributed by atoms with Crippen molar-refractivity contribution in [3.05, 3.63) is 81.1 Å². The maximum Gasteiger partial charge on any atom is 0.238 e. The van der Waals surface area contributed by atoms with E-state index in [-0.39, 0.29) is 24.2 Å². The van der Waals surface area contributed by atoms with Crippen LogP contribution in [0.1, 0.15) is 115 Å². The number of nitrogen functional groups attached to an aromatic ring is 2. The van der Waals surface area contributed by atoms with Crippen molar-refractivity contribution < 1.29 is 57.1 Å². The number of unbranched alkanes of at least 4 members (excludes halogenated alkanes) is 8. The number of benzene rings is 2. The van der Waals surface area contributed by atoms with Crippen molar-refractivity contribution in [3.63, 3.8) is 0 Å². The van der Waals surface area contributed by atoms with Gasteiger partial charge < -0.3 is 55.3 Å². The number of ether oxygens (including phenoxy) is 7. The number of halogens is 2. The molecule has 0 bridgehead atoms.